The fourth-order valence-electron chi connectivity index (χ4n) is 1.49. The van der Waals surface area contributed by atoms with Crippen molar-refractivity contribution in [2.24, 2.45) is 0 Å². The fraction of sp³-hybridized carbons (Fsp3) is 0.333. The Bertz CT molecular complexity index is 439. The van der Waals surface area contributed by atoms with E-state index in [0.717, 1.165) is 10.0 Å². The molecule has 0 saturated carbocycles. The van der Waals surface area contributed by atoms with Gasteiger partial charge < -0.3 is 9.58 Å². The van der Waals surface area contributed by atoms with Crippen LogP contribution in [0.25, 0.3) is 4.85 Å². The van der Waals surface area contributed by atoms with Gasteiger partial charge in [0.05, 0.1) is 7.11 Å². The Morgan fingerprint density at radius 1 is 1.62 bits per heavy atom. The lowest BCUT2D eigenvalue weighted by Crippen LogP contribution is -2.36. The zero-order valence-corrected chi connectivity index (χ0v) is 10.7. The van der Waals surface area contributed by atoms with Crippen LogP contribution in [0.15, 0.2) is 28.7 Å². The number of carbonyl (C=O) groups is 1. The molecule has 0 N–H and O–H groups in total. The highest BCUT2D eigenvalue weighted by molar-refractivity contribution is 9.10. The largest absolute Gasteiger partial charge is 0.468 e. The van der Waals surface area contributed by atoms with Crippen LogP contribution in [0.4, 0.5) is 0 Å². The summed E-state index contributed by atoms with van der Waals surface area (Å²) in [7, 11) is 1.34. The van der Waals surface area contributed by atoms with Crippen molar-refractivity contribution in [2.45, 2.75) is 12.3 Å². The quantitative estimate of drug-likeness (QED) is 0.630. The molecule has 0 aliphatic heterocycles. The van der Waals surface area contributed by atoms with E-state index in [1.807, 2.05) is 24.3 Å². The fourth-order valence-corrected chi connectivity index (χ4v) is 1.89. The Balaban J connectivity index is 3.22. The molecule has 0 spiro atoms. The third-order valence-electron chi connectivity index (χ3n) is 2.49. The van der Waals surface area contributed by atoms with Crippen molar-refractivity contribution >= 4 is 21.9 Å². The van der Waals surface area contributed by atoms with E-state index in [1.165, 1.54) is 7.11 Å². The number of benzene rings is 1. The molecule has 3 nitrogen and oxygen atoms in total. The van der Waals surface area contributed by atoms with Crippen LogP contribution < -0.4 is 0 Å². The van der Waals surface area contributed by atoms with E-state index < -0.39 is 5.41 Å². The summed E-state index contributed by atoms with van der Waals surface area (Å²) >= 11 is 3.35. The van der Waals surface area contributed by atoms with Gasteiger partial charge in [-0.3, -0.25) is 4.79 Å². The SMILES string of the molecule is [C-]#[N+]CC(C)(C(=O)OC)c1cccc(Br)c1. The van der Waals surface area contributed by atoms with Crippen LogP contribution in [-0.2, 0) is 14.9 Å². The highest BCUT2D eigenvalue weighted by Gasteiger charge is 2.40. The average Bonchev–Trinajstić information content (AvgIpc) is 2.28. The summed E-state index contributed by atoms with van der Waals surface area (Å²) in [5, 5.41) is 0. The average molecular weight is 282 g/mol. The lowest BCUT2D eigenvalue weighted by molar-refractivity contribution is -0.146. The highest BCUT2D eigenvalue weighted by Crippen LogP contribution is 2.28. The number of rotatable bonds is 3. The molecular weight excluding hydrogens is 270 g/mol. The molecule has 0 aromatic heterocycles. The minimum atomic E-state index is -0.903. The Kier molecular flexibility index (Phi) is 4.08. The summed E-state index contributed by atoms with van der Waals surface area (Å²) in [5.41, 5.74) is -0.120. The molecule has 1 aromatic rings. The van der Waals surface area contributed by atoms with Gasteiger partial charge in [-0.2, -0.15) is 0 Å². The predicted octanol–water partition coefficient (Wildman–Crippen LogP) is 2.80. The molecule has 0 bridgehead atoms. The van der Waals surface area contributed by atoms with Gasteiger partial charge in [0, 0.05) is 4.47 Å². The van der Waals surface area contributed by atoms with Crippen molar-refractivity contribution in [2.75, 3.05) is 13.7 Å². The maximum Gasteiger partial charge on any atom is 0.323 e. The summed E-state index contributed by atoms with van der Waals surface area (Å²) < 4.78 is 5.64. The summed E-state index contributed by atoms with van der Waals surface area (Å²) in [6.45, 7) is 8.74. The van der Waals surface area contributed by atoms with Crippen molar-refractivity contribution < 1.29 is 9.53 Å². The molecule has 16 heavy (non-hydrogen) atoms. The summed E-state index contributed by atoms with van der Waals surface area (Å²) in [6.07, 6.45) is 0. The second-order valence-electron chi connectivity index (χ2n) is 3.65. The van der Waals surface area contributed by atoms with Crippen molar-refractivity contribution in [3.05, 3.63) is 45.7 Å². The third-order valence-corrected chi connectivity index (χ3v) is 2.99. The van der Waals surface area contributed by atoms with E-state index in [9.17, 15) is 4.79 Å². The van der Waals surface area contributed by atoms with Crippen LogP contribution in [-0.4, -0.2) is 19.6 Å². The van der Waals surface area contributed by atoms with Crippen molar-refractivity contribution in [3.8, 4) is 0 Å². The van der Waals surface area contributed by atoms with Gasteiger partial charge in [0.15, 0.2) is 5.41 Å². The first-order valence-electron chi connectivity index (χ1n) is 4.72. The van der Waals surface area contributed by atoms with Gasteiger partial charge in [-0.25, -0.2) is 6.57 Å². The summed E-state index contributed by atoms with van der Waals surface area (Å²) in [5.74, 6) is -0.387. The molecular formula is C12H12BrNO2. The molecule has 0 aliphatic rings. The van der Waals surface area contributed by atoms with Gasteiger partial charge in [-0.15, -0.1) is 0 Å². The number of hydrogen-bond acceptors (Lipinski definition) is 2. The van der Waals surface area contributed by atoms with E-state index >= 15 is 0 Å². The summed E-state index contributed by atoms with van der Waals surface area (Å²) in [6, 6.07) is 7.37. The van der Waals surface area contributed by atoms with E-state index in [0.29, 0.717) is 0 Å². The van der Waals surface area contributed by atoms with Crippen LogP contribution in [0.3, 0.4) is 0 Å². The molecule has 1 atom stereocenters. The Labute approximate surface area is 103 Å². The molecule has 1 rings (SSSR count). The summed E-state index contributed by atoms with van der Waals surface area (Å²) in [4.78, 5) is 15.1. The topological polar surface area (TPSA) is 30.7 Å². The Morgan fingerprint density at radius 2 is 2.31 bits per heavy atom. The molecule has 0 amide bonds. The zero-order valence-electron chi connectivity index (χ0n) is 9.16. The van der Waals surface area contributed by atoms with Crippen molar-refractivity contribution in [1.82, 2.24) is 0 Å². The van der Waals surface area contributed by atoms with E-state index in [4.69, 9.17) is 11.3 Å². The van der Waals surface area contributed by atoms with Crippen molar-refractivity contribution in [3.63, 3.8) is 0 Å². The number of halogens is 1. The number of hydrogen-bond donors (Lipinski definition) is 0. The zero-order chi connectivity index (χ0) is 12.2. The number of nitrogens with zero attached hydrogens (tertiary/aromatic N) is 1. The maximum absolute atomic E-state index is 11.8. The Morgan fingerprint density at radius 3 is 2.81 bits per heavy atom. The molecule has 0 fully saturated rings. The first kappa shape index (κ1) is 12.7. The van der Waals surface area contributed by atoms with Gasteiger partial charge in [0.1, 0.15) is 0 Å². The second-order valence-corrected chi connectivity index (χ2v) is 4.57. The molecule has 0 aliphatic carbocycles. The molecule has 4 heteroatoms. The van der Waals surface area contributed by atoms with Crippen LogP contribution in [0.1, 0.15) is 12.5 Å². The Hall–Kier alpha value is -1.34. The van der Waals surface area contributed by atoms with Gasteiger partial charge in [0.25, 0.3) is 0 Å². The number of carbonyl (C=O) groups excluding carboxylic acids is 1. The third kappa shape index (κ3) is 2.42. The minimum absolute atomic E-state index is 0.0795. The standard InChI is InChI=1S/C12H12BrNO2/c1-12(8-14-2,11(15)16-3)9-5-4-6-10(13)7-9/h4-7H,8H2,1,3H3. The predicted molar refractivity (Wildman–Crippen MR) is 65.0 cm³/mol. The minimum Gasteiger partial charge on any atom is -0.468 e. The monoisotopic (exact) mass is 281 g/mol. The first-order chi connectivity index (χ1) is 7.54. The smallest absolute Gasteiger partial charge is 0.323 e. The molecule has 0 heterocycles. The molecule has 0 saturated heterocycles. The lowest BCUT2D eigenvalue weighted by atomic mass is 9.82. The van der Waals surface area contributed by atoms with Crippen LogP contribution >= 0.6 is 15.9 Å². The molecule has 0 radical (unpaired) electrons. The van der Waals surface area contributed by atoms with Crippen molar-refractivity contribution in [1.29, 1.82) is 0 Å². The van der Waals surface area contributed by atoms with Gasteiger partial charge in [-0.05, 0) is 24.6 Å². The van der Waals surface area contributed by atoms with E-state index in [1.54, 1.807) is 6.92 Å². The maximum atomic E-state index is 11.8. The normalized spacial score (nSPS) is 13.6. The van der Waals surface area contributed by atoms with Crippen LogP contribution in [0, 0.1) is 6.57 Å². The number of methoxy groups -OCH3 is 1. The molecule has 1 unspecified atom stereocenters. The van der Waals surface area contributed by atoms with Gasteiger partial charge >= 0.3 is 5.97 Å². The number of ether oxygens (including phenoxy) is 1. The number of esters is 1. The van der Waals surface area contributed by atoms with Gasteiger partial charge in [0.2, 0.25) is 6.54 Å². The molecule has 84 valence electrons. The van der Waals surface area contributed by atoms with Crippen LogP contribution in [0.2, 0.25) is 0 Å². The second kappa shape index (κ2) is 5.13. The highest BCUT2D eigenvalue weighted by atomic mass is 79.9. The first-order valence-corrected chi connectivity index (χ1v) is 5.51. The van der Waals surface area contributed by atoms with E-state index in [-0.39, 0.29) is 12.5 Å². The molecule has 1 aromatic carbocycles. The van der Waals surface area contributed by atoms with E-state index in [2.05, 4.69) is 20.8 Å². The van der Waals surface area contributed by atoms with Gasteiger partial charge in [-0.1, -0.05) is 28.1 Å². The van der Waals surface area contributed by atoms with Crippen LogP contribution in [0.5, 0.6) is 0 Å². The lowest BCUT2D eigenvalue weighted by Gasteiger charge is -2.21.